The number of alkyl halides is 3. The Kier molecular flexibility index (Phi) is 10.2. The number of aliphatic hydroxyl groups excluding tert-OH is 2. The van der Waals surface area contributed by atoms with Gasteiger partial charge in [-0.3, -0.25) is 4.79 Å². The molecule has 7 heteroatoms. The van der Waals surface area contributed by atoms with Crippen molar-refractivity contribution in [3.8, 4) is 0 Å². The Morgan fingerprint density at radius 2 is 1.72 bits per heavy atom. The topological polar surface area (TPSA) is 77.8 Å². The molecule has 0 spiro atoms. The second-order valence-electron chi connectivity index (χ2n) is 7.99. The van der Waals surface area contributed by atoms with Gasteiger partial charge in [0.15, 0.2) is 5.41 Å². The molecule has 0 aromatic rings. The Morgan fingerprint density at radius 1 is 1.10 bits per heavy atom. The van der Waals surface area contributed by atoms with Gasteiger partial charge in [-0.2, -0.15) is 13.2 Å². The van der Waals surface area contributed by atoms with Crippen LogP contribution in [0, 0.1) is 17.3 Å². The average Bonchev–Trinajstić information content (AvgIpc) is 3.16. The quantitative estimate of drug-likeness (QED) is 0.261. The van der Waals surface area contributed by atoms with Crippen LogP contribution in [0.25, 0.3) is 0 Å². The molecule has 0 radical (unpaired) electrons. The monoisotopic (exact) mass is 420 g/mol. The first-order valence-corrected chi connectivity index (χ1v) is 10.6. The van der Waals surface area contributed by atoms with Crippen molar-refractivity contribution < 1.29 is 33.3 Å². The standard InChI is InChI=1S/C22H35F3O4/c1-3-5-7-13-18(26)21(20(28)29,16-11-8-9-12-16)19(27)15-14-17(10-6-4-2)22(23,24)25/h5,7,15-18,26-27H,3-4,6,8-14H2,1-2H3,(H,28,29)/b7-5-,19-15+/t17?,18-,21-/m1/s1. The number of unbranched alkanes of at least 4 members (excludes halogenated alkanes) is 1. The SMILES string of the molecule is CC/C=C\C[C@@H](O)[C@@](C(=O)O)(/C(O)=C\CC(CCCC)C(F)(F)F)C1CCCC1. The van der Waals surface area contributed by atoms with E-state index < -0.39 is 47.7 Å². The summed E-state index contributed by atoms with van der Waals surface area (Å²) in [6, 6.07) is 0. The number of carboxylic acid groups (broad SMARTS) is 1. The van der Waals surface area contributed by atoms with Crippen LogP contribution in [0.4, 0.5) is 13.2 Å². The molecule has 1 rings (SSSR count). The Morgan fingerprint density at radius 3 is 2.21 bits per heavy atom. The predicted molar refractivity (Wildman–Crippen MR) is 106 cm³/mol. The van der Waals surface area contributed by atoms with Crippen molar-refractivity contribution in [3.05, 3.63) is 24.0 Å². The van der Waals surface area contributed by atoms with Crippen LogP contribution >= 0.6 is 0 Å². The number of allylic oxidation sites excluding steroid dienone is 2. The number of aliphatic hydroxyl groups is 2. The number of hydrogen-bond donors (Lipinski definition) is 3. The second-order valence-corrected chi connectivity index (χ2v) is 7.99. The molecule has 1 aliphatic carbocycles. The fourth-order valence-corrected chi connectivity index (χ4v) is 4.33. The summed E-state index contributed by atoms with van der Waals surface area (Å²) in [5.41, 5.74) is -1.98. The van der Waals surface area contributed by atoms with Crippen LogP contribution in [0.5, 0.6) is 0 Å². The second kappa shape index (κ2) is 11.6. The van der Waals surface area contributed by atoms with Crippen LogP contribution in [0.15, 0.2) is 24.0 Å². The van der Waals surface area contributed by atoms with Gasteiger partial charge in [0.05, 0.1) is 12.0 Å². The van der Waals surface area contributed by atoms with E-state index >= 15 is 0 Å². The summed E-state index contributed by atoms with van der Waals surface area (Å²) in [6.07, 6.45) is 2.34. The molecule has 0 amide bonds. The highest BCUT2D eigenvalue weighted by Gasteiger charge is 2.55. The molecule has 3 atom stereocenters. The van der Waals surface area contributed by atoms with Crippen molar-refractivity contribution in [2.24, 2.45) is 17.3 Å². The highest BCUT2D eigenvalue weighted by molar-refractivity contribution is 5.79. The Bertz CT molecular complexity index is 565. The van der Waals surface area contributed by atoms with E-state index in [1.807, 2.05) is 6.92 Å². The normalized spacial score (nSPS) is 20.7. The molecule has 3 N–H and O–H groups in total. The lowest BCUT2D eigenvalue weighted by molar-refractivity contribution is -0.175. The third-order valence-corrected chi connectivity index (χ3v) is 6.03. The summed E-state index contributed by atoms with van der Waals surface area (Å²) in [5, 5.41) is 31.6. The van der Waals surface area contributed by atoms with E-state index in [0.29, 0.717) is 32.1 Å². The maximum absolute atomic E-state index is 13.3. The van der Waals surface area contributed by atoms with Crippen LogP contribution in [0.1, 0.15) is 78.1 Å². The molecule has 0 heterocycles. The van der Waals surface area contributed by atoms with E-state index in [0.717, 1.165) is 18.9 Å². The first-order valence-electron chi connectivity index (χ1n) is 10.6. The number of carbonyl (C=O) groups is 1. The molecule has 168 valence electrons. The summed E-state index contributed by atoms with van der Waals surface area (Å²) in [6.45, 7) is 3.70. The van der Waals surface area contributed by atoms with E-state index in [1.54, 1.807) is 19.1 Å². The third kappa shape index (κ3) is 6.49. The van der Waals surface area contributed by atoms with Crippen molar-refractivity contribution in [2.75, 3.05) is 0 Å². The van der Waals surface area contributed by atoms with E-state index in [4.69, 9.17) is 0 Å². The van der Waals surface area contributed by atoms with Gasteiger partial charge in [0, 0.05) is 0 Å². The molecule has 0 bridgehead atoms. The van der Waals surface area contributed by atoms with Gasteiger partial charge >= 0.3 is 12.1 Å². The van der Waals surface area contributed by atoms with Gasteiger partial charge in [-0.15, -0.1) is 0 Å². The summed E-state index contributed by atoms with van der Waals surface area (Å²) in [5.74, 6) is -4.18. The van der Waals surface area contributed by atoms with Gasteiger partial charge in [-0.25, -0.2) is 0 Å². The highest BCUT2D eigenvalue weighted by Crippen LogP contribution is 2.48. The minimum absolute atomic E-state index is 0.0209. The summed E-state index contributed by atoms with van der Waals surface area (Å²) >= 11 is 0. The fourth-order valence-electron chi connectivity index (χ4n) is 4.33. The number of carboxylic acids is 1. The fraction of sp³-hybridized carbons (Fsp3) is 0.773. The minimum atomic E-state index is -4.42. The molecule has 1 fully saturated rings. The van der Waals surface area contributed by atoms with Crippen LogP contribution in [-0.2, 0) is 4.79 Å². The van der Waals surface area contributed by atoms with Crippen LogP contribution < -0.4 is 0 Å². The number of halogens is 3. The van der Waals surface area contributed by atoms with Gasteiger partial charge in [0.25, 0.3) is 0 Å². The molecule has 0 saturated heterocycles. The maximum atomic E-state index is 13.3. The lowest BCUT2D eigenvalue weighted by Gasteiger charge is -2.38. The Labute approximate surface area is 171 Å². The van der Waals surface area contributed by atoms with Gasteiger partial charge in [-0.1, -0.05) is 51.7 Å². The number of hydrogen-bond acceptors (Lipinski definition) is 3. The number of rotatable bonds is 12. The number of aliphatic carboxylic acids is 1. The molecule has 0 aliphatic heterocycles. The summed E-state index contributed by atoms with van der Waals surface area (Å²) < 4.78 is 40.0. The third-order valence-electron chi connectivity index (χ3n) is 6.03. The van der Waals surface area contributed by atoms with Crippen molar-refractivity contribution in [1.82, 2.24) is 0 Å². The average molecular weight is 421 g/mol. The van der Waals surface area contributed by atoms with Gasteiger partial charge < -0.3 is 15.3 Å². The highest BCUT2D eigenvalue weighted by atomic mass is 19.4. The Balaban J connectivity index is 3.25. The molecular weight excluding hydrogens is 385 g/mol. The molecule has 29 heavy (non-hydrogen) atoms. The van der Waals surface area contributed by atoms with E-state index in [9.17, 15) is 33.3 Å². The maximum Gasteiger partial charge on any atom is 0.392 e. The smallest absolute Gasteiger partial charge is 0.392 e. The zero-order valence-electron chi connectivity index (χ0n) is 17.4. The van der Waals surface area contributed by atoms with Gasteiger partial charge in [0.1, 0.15) is 5.76 Å². The van der Waals surface area contributed by atoms with Crippen molar-refractivity contribution >= 4 is 5.97 Å². The van der Waals surface area contributed by atoms with E-state index in [2.05, 4.69) is 0 Å². The Hall–Kier alpha value is -1.50. The molecule has 1 aliphatic rings. The van der Waals surface area contributed by atoms with Crippen molar-refractivity contribution in [3.63, 3.8) is 0 Å². The minimum Gasteiger partial charge on any atom is -0.511 e. The van der Waals surface area contributed by atoms with Crippen LogP contribution in [-0.4, -0.2) is 33.6 Å². The lowest BCUT2D eigenvalue weighted by Crippen LogP contribution is -2.49. The summed E-state index contributed by atoms with van der Waals surface area (Å²) in [7, 11) is 0. The van der Waals surface area contributed by atoms with Crippen molar-refractivity contribution in [2.45, 2.75) is 90.3 Å². The molecule has 4 nitrogen and oxygen atoms in total. The largest absolute Gasteiger partial charge is 0.511 e. The first-order chi connectivity index (χ1) is 13.6. The molecule has 1 unspecified atom stereocenters. The van der Waals surface area contributed by atoms with Crippen molar-refractivity contribution in [1.29, 1.82) is 0 Å². The van der Waals surface area contributed by atoms with E-state index in [-0.39, 0.29) is 12.8 Å². The van der Waals surface area contributed by atoms with Crippen LogP contribution in [0.3, 0.4) is 0 Å². The van der Waals surface area contributed by atoms with Gasteiger partial charge in [-0.05, 0) is 50.5 Å². The first kappa shape index (κ1) is 25.5. The molecule has 0 aromatic carbocycles. The predicted octanol–water partition coefficient (Wildman–Crippen LogP) is 6.17. The zero-order valence-corrected chi connectivity index (χ0v) is 17.4. The summed E-state index contributed by atoms with van der Waals surface area (Å²) in [4.78, 5) is 12.3. The molecule has 1 saturated carbocycles. The molecular formula is C22H35F3O4. The lowest BCUT2D eigenvalue weighted by atomic mass is 9.67. The van der Waals surface area contributed by atoms with E-state index in [1.165, 1.54) is 0 Å². The zero-order chi connectivity index (χ0) is 22.1. The van der Waals surface area contributed by atoms with Crippen LogP contribution in [0.2, 0.25) is 0 Å². The van der Waals surface area contributed by atoms with Gasteiger partial charge in [0.2, 0.25) is 0 Å². The molecule has 0 aromatic heterocycles.